The van der Waals surface area contributed by atoms with E-state index in [1.807, 2.05) is 0 Å². The minimum atomic E-state index is -0.923. The summed E-state index contributed by atoms with van der Waals surface area (Å²) in [7, 11) is 0. The number of likely N-dealkylation sites (tertiary alicyclic amines) is 1. The number of urea groups is 1. The van der Waals surface area contributed by atoms with Crippen molar-refractivity contribution in [2.24, 2.45) is 5.92 Å². The van der Waals surface area contributed by atoms with Gasteiger partial charge in [0.1, 0.15) is 0 Å². The van der Waals surface area contributed by atoms with Crippen LogP contribution < -0.4 is 5.32 Å². The van der Waals surface area contributed by atoms with Gasteiger partial charge in [0, 0.05) is 24.7 Å². The molecule has 0 radical (unpaired) electrons. The van der Waals surface area contributed by atoms with E-state index in [9.17, 15) is 19.7 Å². The van der Waals surface area contributed by atoms with Gasteiger partial charge in [-0.05, 0) is 0 Å². The van der Waals surface area contributed by atoms with E-state index >= 15 is 0 Å². The molecular formula is C12H13N3O5. The monoisotopic (exact) mass is 279 g/mol. The third kappa shape index (κ3) is 2.85. The van der Waals surface area contributed by atoms with Crippen LogP contribution >= 0.6 is 0 Å². The fourth-order valence-corrected chi connectivity index (χ4v) is 1.92. The van der Waals surface area contributed by atoms with E-state index < -0.39 is 22.8 Å². The Morgan fingerprint density at radius 2 is 2.05 bits per heavy atom. The van der Waals surface area contributed by atoms with Gasteiger partial charge in [-0.15, -0.1) is 0 Å². The van der Waals surface area contributed by atoms with Gasteiger partial charge in [0.2, 0.25) is 0 Å². The molecule has 1 saturated heterocycles. The molecule has 8 nitrogen and oxygen atoms in total. The van der Waals surface area contributed by atoms with Crippen LogP contribution in [0.5, 0.6) is 0 Å². The molecule has 0 saturated carbocycles. The minimum Gasteiger partial charge on any atom is -0.481 e. The van der Waals surface area contributed by atoms with Gasteiger partial charge in [0.25, 0.3) is 5.69 Å². The Bertz CT molecular complexity index is 554. The first-order valence-corrected chi connectivity index (χ1v) is 5.97. The highest BCUT2D eigenvalue weighted by atomic mass is 16.6. The number of carbonyl (C=O) groups excluding carboxylic acids is 1. The fraction of sp³-hybridized carbons (Fsp3) is 0.333. The number of carbonyl (C=O) groups is 2. The van der Waals surface area contributed by atoms with E-state index in [4.69, 9.17) is 5.11 Å². The Kier molecular flexibility index (Phi) is 3.83. The molecule has 2 N–H and O–H groups in total. The van der Waals surface area contributed by atoms with E-state index in [-0.39, 0.29) is 25.3 Å². The maximum absolute atomic E-state index is 11.7. The Labute approximate surface area is 114 Å². The summed E-state index contributed by atoms with van der Waals surface area (Å²) in [5, 5.41) is 22.1. The quantitative estimate of drug-likeness (QED) is 0.625. The maximum atomic E-state index is 11.7. The number of hydrogen-bond acceptors (Lipinski definition) is 4. The van der Waals surface area contributed by atoms with Crippen molar-refractivity contribution in [3.05, 3.63) is 39.9 Å². The molecule has 2 rings (SSSR count). The van der Waals surface area contributed by atoms with Crippen LogP contribution in [0, 0.1) is 16.0 Å². The van der Waals surface area contributed by atoms with Crippen molar-refractivity contribution >= 4 is 17.7 Å². The Morgan fingerprint density at radius 3 is 2.65 bits per heavy atom. The minimum absolute atomic E-state index is 0.0320. The molecule has 1 aromatic rings. The van der Waals surface area contributed by atoms with Crippen molar-refractivity contribution in [2.45, 2.75) is 6.54 Å². The number of carboxylic acid groups (broad SMARTS) is 1. The summed E-state index contributed by atoms with van der Waals surface area (Å²) in [6, 6.07) is 5.72. The number of amides is 2. The second-order valence-electron chi connectivity index (χ2n) is 4.48. The first kappa shape index (κ1) is 13.8. The lowest BCUT2D eigenvalue weighted by molar-refractivity contribution is -0.385. The zero-order chi connectivity index (χ0) is 14.7. The van der Waals surface area contributed by atoms with E-state index in [1.165, 1.54) is 11.0 Å². The smallest absolute Gasteiger partial charge is 0.317 e. The summed E-state index contributed by atoms with van der Waals surface area (Å²) in [4.78, 5) is 34.0. The second kappa shape index (κ2) is 5.55. The van der Waals surface area contributed by atoms with Gasteiger partial charge in [0.15, 0.2) is 0 Å². The summed E-state index contributed by atoms with van der Waals surface area (Å²) in [5.41, 5.74) is 0.348. The molecule has 1 heterocycles. The Hall–Kier alpha value is -2.64. The van der Waals surface area contributed by atoms with Gasteiger partial charge in [-0.25, -0.2) is 4.79 Å². The number of nitro groups is 1. The molecule has 0 aromatic heterocycles. The van der Waals surface area contributed by atoms with Gasteiger partial charge in [0.05, 0.1) is 17.4 Å². The SMILES string of the molecule is O=C(O)C1CN(C(=O)NCc2ccccc2[N+](=O)[O-])C1. The standard InChI is InChI=1S/C12H13N3O5/c16-11(17)9-6-14(7-9)12(18)13-5-8-3-1-2-4-10(8)15(19)20/h1-4,9H,5-7H2,(H,13,18)(H,16,17). The predicted octanol–water partition coefficient (Wildman–Crippen LogP) is 0.821. The van der Waals surface area contributed by atoms with Gasteiger partial charge in [-0.3, -0.25) is 14.9 Å². The van der Waals surface area contributed by atoms with E-state index in [0.29, 0.717) is 5.56 Å². The van der Waals surface area contributed by atoms with Crippen LogP contribution in [0.15, 0.2) is 24.3 Å². The molecule has 0 aliphatic carbocycles. The van der Waals surface area contributed by atoms with Crippen LogP contribution in [0.1, 0.15) is 5.56 Å². The van der Waals surface area contributed by atoms with Crippen LogP contribution in [0.2, 0.25) is 0 Å². The molecule has 1 aromatic carbocycles. The van der Waals surface area contributed by atoms with Crippen molar-refractivity contribution in [3.63, 3.8) is 0 Å². The lowest BCUT2D eigenvalue weighted by atomic mass is 10.0. The van der Waals surface area contributed by atoms with Crippen LogP contribution in [-0.4, -0.2) is 40.0 Å². The van der Waals surface area contributed by atoms with Crippen LogP contribution in [0.25, 0.3) is 0 Å². The first-order chi connectivity index (χ1) is 9.49. The molecular weight excluding hydrogens is 266 g/mol. The summed E-state index contributed by atoms with van der Waals surface area (Å²) >= 11 is 0. The molecule has 0 atom stereocenters. The molecule has 106 valence electrons. The molecule has 2 amide bonds. The van der Waals surface area contributed by atoms with Gasteiger partial charge in [-0.1, -0.05) is 18.2 Å². The summed E-state index contributed by atoms with van der Waals surface area (Å²) in [6.07, 6.45) is 0. The van der Waals surface area contributed by atoms with Crippen molar-refractivity contribution < 1.29 is 19.6 Å². The number of benzene rings is 1. The highest BCUT2D eigenvalue weighted by molar-refractivity contribution is 5.79. The molecule has 1 fully saturated rings. The summed E-state index contributed by atoms with van der Waals surface area (Å²) < 4.78 is 0. The van der Waals surface area contributed by atoms with Crippen molar-refractivity contribution in [1.29, 1.82) is 0 Å². The molecule has 1 aliphatic heterocycles. The lowest BCUT2D eigenvalue weighted by Gasteiger charge is -2.36. The predicted molar refractivity (Wildman–Crippen MR) is 68.0 cm³/mol. The average Bonchev–Trinajstić information content (AvgIpc) is 2.34. The zero-order valence-electron chi connectivity index (χ0n) is 10.5. The van der Waals surface area contributed by atoms with Crippen molar-refractivity contribution in [2.75, 3.05) is 13.1 Å². The summed E-state index contributed by atoms with van der Waals surface area (Å²) in [6.45, 7) is 0.361. The lowest BCUT2D eigenvalue weighted by Crippen LogP contribution is -2.56. The number of rotatable bonds is 4. The van der Waals surface area contributed by atoms with Crippen molar-refractivity contribution in [3.8, 4) is 0 Å². The van der Waals surface area contributed by atoms with E-state index in [2.05, 4.69) is 5.32 Å². The number of para-hydroxylation sites is 1. The maximum Gasteiger partial charge on any atom is 0.317 e. The summed E-state index contributed by atoms with van der Waals surface area (Å²) in [5.74, 6) is -1.44. The number of nitro benzene ring substituents is 1. The molecule has 0 unspecified atom stereocenters. The second-order valence-corrected chi connectivity index (χ2v) is 4.48. The van der Waals surface area contributed by atoms with Crippen LogP contribution in [-0.2, 0) is 11.3 Å². The van der Waals surface area contributed by atoms with Crippen molar-refractivity contribution in [1.82, 2.24) is 10.2 Å². The highest BCUT2D eigenvalue weighted by Crippen LogP contribution is 2.18. The Balaban J connectivity index is 1.89. The number of carboxylic acids is 1. The Morgan fingerprint density at radius 1 is 1.40 bits per heavy atom. The normalized spacial score (nSPS) is 14.5. The third-order valence-corrected chi connectivity index (χ3v) is 3.14. The third-order valence-electron chi connectivity index (χ3n) is 3.14. The van der Waals surface area contributed by atoms with Crippen LogP contribution in [0.3, 0.4) is 0 Å². The van der Waals surface area contributed by atoms with Gasteiger partial charge >= 0.3 is 12.0 Å². The molecule has 8 heteroatoms. The molecule has 1 aliphatic rings. The largest absolute Gasteiger partial charge is 0.481 e. The number of nitrogens with one attached hydrogen (secondary N) is 1. The van der Waals surface area contributed by atoms with Gasteiger partial charge < -0.3 is 15.3 Å². The fourth-order valence-electron chi connectivity index (χ4n) is 1.92. The number of nitrogens with zero attached hydrogens (tertiary/aromatic N) is 2. The first-order valence-electron chi connectivity index (χ1n) is 5.97. The highest BCUT2D eigenvalue weighted by Gasteiger charge is 2.35. The molecule has 20 heavy (non-hydrogen) atoms. The van der Waals surface area contributed by atoms with Gasteiger partial charge in [-0.2, -0.15) is 0 Å². The molecule has 0 bridgehead atoms. The van der Waals surface area contributed by atoms with E-state index in [1.54, 1.807) is 18.2 Å². The zero-order valence-corrected chi connectivity index (χ0v) is 10.5. The number of hydrogen-bond donors (Lipinski definition) is 2. The van der Waals surface area contributed by atoms with E-state index in [0.717, 1.165) is 0 Å². The van der Waals surface area contributed by atoms with Crippen LogP contribution in [0.4, 0.5) is 10.5 Å². The topological polar surface area (TPSA) is 113 Å². The number of aliphatic carboxylic acids is 1. The molecule has 0 spiro atoms. The average molecular weight is 279 g/mol.